The lowest BCUT2D eigenvalue weighted by Gasteiger charge is -2.09. The van der Waals surface area contributed by atoms with E-state index in [2.05, 4.69) is 0 Å². The number of rotatable bonds is 3. The molecule has 0 atom stereocenters. The maximum Gasteiger partial charge on any atom is 0.123 e. The molecule has 0 saturated heterocycles. The molecule has 0 bridgehead atoms. The van der Waals surface area contributed by atoms with Crippen LogP contribution in [0.1, 0.15) is 5.56 Å². The number of nitrogen functional groups attached to an aromatic ring is 1. The fourth-order valence-electron chi connectivity index (χ4n) is 1.47. The molecule has 94 valence electrons. The summed E-state index contributed by atoms with van der Waals surface area (Å²) in [6, 6.07) is 8.99. The van der Waals surface area contributed by atoms with Crippen LogP contribution in [0.4, 0.5) is 10.1 Å². The fourth-order valence-corrected chi connectivity index (χ4v) is 1.98. The summed E-state index contributed by atoms with van der Waals surface area (Å²) in [5.41, 5.74) is 6.77. The minimum atomic E-state index is -0.355. The van der Waals surface area contributed by atoms with E-state index in [1.54, 1.807) is 18.2 Å². The molecule has 0 amide bonds. The largest absolute Gasteiger partial charge is 0.489 e. The number of hydrogen-bond acceptors (Lipinski definition) is 2. The van der Waals surface area contributed by atoms with E-state index in [0.29, 0.717) is 27.0 Å². The van der Waals surface area contributed by atoms with Crippen molar-refractivity contribution in [2.24, 2.45) is 0 Å². The number of benzene rings is 2. The van der Waals surface area contributed by atoms with Gasteiger partial charge in [0, 0.05) is 21.3 Å². The molecule has 2 aromatic rings. The van der Waals surface area contributed by atoms with Gasteiger partial charge < -0.3 is 10.5 Å². The summed E-state index contributed by atoms with van der Waals surface area (Å²) in [5.74, 6) is 0.156. The average molecular weight is 286 g/mol. The summed E-state index contributed by atoms with van der Waals surface area (Å²) in [6.45, 7) is 0.153. The van der Waals surface area contributed by atoms with Gasteiger partial charge in [-0.2, -0.15) is 0 Å². The Balaban J connectivity index is 2.13. The number of nitrogens with two attached hydrogens (primary N) is 1. The maximum atomic E-state index is 13.0. The Hall–Kier alpha value is -1.45. The van der Waals surface area contributed by atoms with Gasteiger partial charge in [-0.3, -0.25) is 0 Å². The molecule has 0 radical (unpaired) electrons. The normalized spacial score (nSPS) is 10.4. The molecule has 2 rings (SSSR count). The zero-order valence-corrected chi connectivity index (χ0v) is 10.8. The Morgan fingerprint density at radius 3 is 2.39 bits per heavy atom. The lowest BCUT2D eigenvalue weighted by molar-refractivity contribution is 0.306. The van der Waals surface area contributed by atoms with E-state index in [4.69, 9.17) is 33.7 Å². The molecule has 0 spiro atoms. The molecule has 0 aromatic heterocycles. The third kappa shape index (κ3) is 3.28. The van der Waals surface area contributed by atoms with E-state index in [-0.39, 0.29) is 12.4 Å². The lowest BCUT2D eigenvalue weighted by Crippen LogP contribution is -2.00. The molecule has 2 N–H and O–H groups in total. The maximum absolute atomic E-state index is 13.0. The van der Waals surface area contributed by atoms with Crippen molar-refractivity contribution in [3.8, 4) is 5.75 Å². The van der Waals surface area contributed by atoms with Crippen molar-refractivity contribution in [1.29, 1.82) is 0 Å². The average Bonchev–Trinajstić information content (AvgIpc) is 2.29. The van der Waals surface area contributed by atoms with Crippen molar-refractivity contribution in [1.82, 2.24) is 0 Å². The van der Waals surface area contributed by atoms with Crippen LogP contribution in [0.25, 0.3) is 0 Å². The van der Waals surface area contributed by atoms with Gasteiger partial charge >= 0.3 is 0 Å². The van der Waals surface area contributed by atoms with Crippen LogP contribution in [-0.2, 0) is 6.61 Å². The minimum absolute atomic E-state index is 0.153. The highest BCUT2D eigenvalue weighted by Gasteiger charge is 2.04. The van der Waals surface area contributed by atoms with Gasteiger partial charge in [0.1, 0.15) is 18.2 Å². The van der Waals surface area contributed by atoms with Crippen LogP contribution in [0, 0.1) is 5.82 Å². The van der Waals surface area contributed by atoms with Crippen LogP contribution in [0.15, 0.2) is 36.4 Å². The fraction of sp³-hybridized carbons (Fsp3) is 0.0769. The van der Waals surface area contributed by atoms with Crippen LogP contribution in [0.5, 0.6) is 5.75 Å². The molecular formula is C13H10Cl2FNO. The molecule has 0 aliphatic carbocycles. The Bertz CT molecular complexity index is 555. The second kappa shape index (κ2) is 5.46. The smallest absolute Gasteiger partial charge is 0.123 e. The van der Waals surface area contributed by atoms with Crippen molar-refractivity contribution in [3.05, 3.63) is 57.8 Å². The molecule has 0 aliphatic heterocycles. The van der Waals surface area contributed by atoms with E-state index in [9.17, 15) is 4.39 Å². The molecule has 2 nitrogen and oxygen atoms in total. The molecule has 0 heterocycles. The van der Waals surface area contributed by atoms with Crippen LogP contribution in [0.2, 0.25) is 10.0 Å². The van der Waals surface area contributed by atoms with E-state index < -0.39 is 0 Å². The summed E-state index contributed by atoms with van der Waals surface area (Å²) in [7, 11) is 0. The zero-order valence-electron chi connectivity index (χ0n) is 9.29. The van der Waals surface area contributed by atoms with E-state index in [1.807, 2.05) is 0 Å². The Labute approximate surface area is 114 Å². The monoisotopic (exact) mass is 285 g/mol. The Kier molecular flexibility index (Phi) is 3.94. The second-order valence-corrected chi connectivity index (χ2v) is 4.61. The summed E-state index contributed by atoms with van der Waals surface area (Å²) in [4.78, 5) is 0. The molecule has 0 fully saturated rings. The lowest BCUT2D eigenvalue weighted by atomic mass is 10.2. The first kappa shape index (κ1) is 13.0. The van der Waals surface area contributed by atoms with Crippen LogP contribution in [0.3, 0.4) is 0 Å². The number of halogens is 3. The van der Waals surface area contributed by atoms with Gasteiger partial charge in [0.25, 0.3) is 0 Å². The number of anilines is 1. The van der Waals surface area contributed by atoms with Crippen LogP contribution in [-0.4, -0.2) is 0 Å². The van der Waals surface area contributed by atoms with Gasteiger partial charge in [-0.15, -0.1) is 0 Å². The van der Waals surface area contributed by atoms with Gasteiger partial charge in [-0.25, -0.2) is 4.39 Å². The van der Waals surface area contributed by atoms with Gasteiger partial charge in [0.05, 0.1) is 0 Å². The van der Waals surface area contributed by atoms with Gasteiger partial charge in [-0.05, 0) is 36.4 Å². The highest BCUT2D eigenvalue weighted by molar-refractivity contribution is 6.34. The first-order chi connectivity index (χ1) is 8.54. The summed E-state index contributed by atoms with van der Waals surface area (Å²) < 4.78 is 18.5. The van der Waals surface area contributed by atoms with Crippen molar-refractivity contribution >= 4 is 28.9 Å². The third-order valence-corrected chi connectivity index (χ3v) is 2.77. The summed E-state index contributed by atoms with van der Waals surface area (Å²) in [6.07, 6.45) is 0. The van der Waals surface area contributed by atoms with E-state index in [0.717, 1.165) is 0 Å². The van der Waals surface area contributed by atoms with Crippen LogP contribution < -0.4 is 10.5 Å². The molecule has 0 aliphatic rings. The predicted octanol–water partition coefficient (Wildman–Crippen LogP) is 4.29. The predicted molar refractivity (Wildman–Crippen MR) is 71.6 cm³/mol. The Morgan fingerprint density at radius 1 is 1.06 bits per heavy atom. The third-order valence-electron chi connectivity index (χ3n) is 2.34. The molecular weight excluding hydrogens is 276 g/mol. The second-order valence-electron chi connectivity index (χ2n) is 3.74. The van der Waals surface area contributed by atoms with Crippen LogP contribution >= 0.6 is 23.2 Å². The molecule has 18 heavy (non-hydrogen) atoms. The topological polar surface area (TPSA) is 35.2 Å². The van der Waals surface area contributed by atoms with Crippen molar-refractivity contribution in [2.75, 3.05) is 5.73 Å². The van der Waals surface area contributed by atoms with Crippen molar-refractivity contribution < 1.29 is 9.13 Å². The standard InChI is InChI=1S/C13H10Cl2FNO/c14-9-4-10(15)6-12(5-9)18-7-8-3-11(16)1-2-13(8)17/h1-6H,7,17H2. The number of hydrogen-bond donors (Lipinski definition) is 1. The van der Waals surface area contributed by atoms with E-state index >= 15 is 0 Å². The molecule has 0 unspecified atom stereocenters. The van der Waals surface area contributed by atoms with Gasteiger partial charge in [-0.1, -0.05) is 23.2 Å². The first-order valence-electron chi connectivity index (χ1n) is 5.17. The van der Waals surface area contributed by atoms with Gasteiger partial charge in [0.2, 0.25) is 0 Å². The summed E-state index contributed by atoms with van der Waals surface area (Å²) >= 11 is 11.7. The van der Waals surface area contributed by atoms with Crippen molar-refractivity contribution in [2.45, 2.75) is 6.61 Å². The molecule has 5 heteroatoms. The summed E-state index contributed by atoms with van der Waals surface area (Å²) in [5, 5.41) is 0.953. The number of ether oxygens (including phenoxy) is 1. The highest BCUT2D eigenvalue weighted by Crippen LogP contribution is 2.25. The quantitative estimate of drug-likeness (QED) is 0.854. The molecule has 0 saturated carbocycles. The molecule has 2 aromatic carbocycles. The Morgan fingerprint density at radius 2 is 1.72 bits per heavy atom. The highest BCUT2D eigenvalue weighted by atomic mass is 35.5. The zero-order chi connectivity index (χ0) is 13.1. The SMILES string of the molecule is Nc1ccc(F)cc1COc1cc(Cl)cc(Cl)c1. The minimum Gasteiger partial charge on any atom is -0.489 e. The first-order valence-corrected chi connectivity index (χ1v) is 5.93. The van der Waals surface area contributed by atoms with Gasteiger partial charge in [0.15, 0.2) is 0 Å². The van der Waals surface area contributed by atoms with Crippen molar-refractivity contribution in [3.63, 3.8) is 0 Å². The van der Waals surface area contributed by atoms with E-state index in [1.165, 1.54) is 18.2 Å².